The molecule has 0 radical (unpaired) electrons. The van der Waals surface area contributed by atoms with Crippen LogP contribution in [0.1, 0.15) is 13.3 Å². The van der Waals surface area contributed by atoms with Crippen LogP contribution < -0.4 is 15.4 Å². The van der Waals surface area contributed by atoms with E-state index >= 15 is 0 Å². The van der Waals surface area contributed by atoms with Crippen LogP contribution in [0.5, 0.6) is 5.75 Å². The van der Waals surface area contributed by atoms with Crippen molar-refractivity contribution in [2.75, 3.05) is 19.0 Å². The number of hydrogen-bond donors (Lipinski definition) is 2. The molecule has 4 heteroatoms. The highest BCUT2D eigenvalue weighted by molar-refractivity contribution is 5.92. The van der Waals surface area contributed by atoms with Gasteiger partial charge in [-0.3, -0.25) is 4.79 Å². The Morgan fingerprint density at radius 1 is 1.44 bits per heavy atom. The lowest BCUT2D eigenvalue weighted by atomic mass is 10.2. The second kappa shape index (κ2) is 7.50. The molecule has 1 rings (SSSR count). The lowest BCUT2D eigenvalue weighted by Gasteiger charge is -2.11. The third-order valence-corrected chi connectivity index (χ3v) is 2.51. The maximum Gasteiger partial charge on any atom is 0.238 e. The average molecular weight is 248 g/mol. The van der Waals surface area contributed by atoms with Gasteiger partial charge in [-0.2, -0.15) is 0 Å². The van der Waals surface area contributed by atoms with Crippen molar-refractivity contribution in [3.63, 3.8) is 0 Å². The van der Waals surface area contributed by atoms with Gasteiger partial charge in [-0.05, 0) is 37.6 Å². The fourth-order valence-electron chi connectivity index (χ4n) is 1.48. The number of carbonyl (C=O) groups excluding carboxylic acids is 1. The van der Waals surface area contributed by atoms with Gasteiger partial charge in [0.15, 0.2) is 0 Å². The predicted octanol–water partition coefficient (Wildman–Crippen LogP) is 2.19. The topological polar surface area (TPSA) is 50.4 Å². The Balaban J connectivity index is 2.37. The summed E-state index contributed by atoms with van der Waals surface area (Å²) in [5, 5.41) is 5.93. The molecule has 1 atom stereocenters. The zero-order chi connectivity index (χ0) is 13.4. The molecule has 1 amide bonds. The minimum Gasteiger partial charge on any atom is -0.497 e. The van der Waals surface area contributed by atoms with Gasteiger partial charge in [0.05, 0.1) is 13.7 Å². The predicted molar refractivity (Wildman–Crippen MR) is 73.9 cm³/mol. The molecule has 0 fully saturated rings. The first-order valence-electron chi connectivity index (χ1n) is 5.94. The summed E-state index contributed by atoms with van der Waals surface area (Å²) in [6, 6.07) is 7.49. The summed E-state index contributed by atoms with van der Waals surface area (Å²) >= 11 is 0. The monoisotopic (exact) mass is 248 g/mol. The molecule has 0 saturated carbocycles. The van der Waals surface area contributed by atoms with Gasteiger partial charge >= 0.3 is 0 Å². The van der Waals surface area contributed by atoms with Crippen LogP contribution in [0.2, 0.25) is 0 Å². The van der Waals surface area contributed by atoms with E-state index in [1.165, 1.54) is 0 Å². The van der Waals surface area contributed by atoms with Crippen molar-refractivity contribution in [3.8, 4) is 5.75 Å². The molecule has 1 unspecified atom stereocenters. The maximum atomic E-state index is 11.6. The first-order chi connectivity index (χ1) is 8.65. The van der Waals surface area contributed by atoms with Crippen molar-refractivity contribution in [1.82, 2.24) is 5.32 Å². The largest absolute Gasteiger partial charge is 0.497 e. The molecule has 2 N–H and O–H groups in total. The van der Waals surface area contributed by atoms with E-state index in [-0.39, 0.29) is 11.9 Å². The number of anilines is 1. The Bertz CT molecular complexity index is 387. The van der Waals surface area contributed by atoms with Gasteiger partial charge in [0.1, 0.15) is 5.75 Å². The number of rotatable bonds is 7. The SMILES string of the molecule is C=CCC(C)NCC(=O)Nc1ccc(OC)cc1. The van der Waals surface area contributed by atoms with Crippen LogP contribution in [-0.4, -0.2) is 25.6 Å². The van der Waals surface area contributed by atoms with E-state index in [0.29, 0.717) is 6.54 Å². The first kappa shape index (κ1) is 14.3. The lowest BCUT2D eigenvalue weighted by molar-refractivity contribution is -0.115. The van der Waals surface area contributed by atoms with E-state index in [2.05, 4.69) is 17.2 Å². The molecule has 98 valence electrons. The highest BCUT2D eigenvalue weighted by atomic mass is 16.5. The average Bonchev–Trinajstić information content (AvgIpc) is 2.38. The number of amides is 1. The highest BCUT2D eigenvalue weighted by Crippen LogP contribution is 2.14. The summed E-state index contributed by atoms with van der Waals surface area (Å²) in [6.45, 7) is 5.97. The molecule has 0 heterocycles. The van der Waals surface area contributed by atoms with Crippen molar-refractivity contribution >= 4 is 11.6 Å². The normalized spacial score (nSPS) is 11.7. The van der Waals surface area contributed by atoms with Gasteiger partial charge in [0, 0.05) is 11.7 Å². The quantitative estimate of drug-likeness (QED) is 0.727. The van der Waals surface area contributed by atoms with Gasteiger partial charge < -0.3 is 15.4 Å². The highest BCUT2D eigenvalue weighted by Gasteiger charge is 2.04. The van der Waals surface area contributed by atoms with E-state index < -0.39 is 0 Å². The van der Waals surface area contributed by atoms with Crippen molar-refractivity contribution in [1.29, 1.82) is 0 Å². The molecule has 0 aliphatic rings. The molecule has 0 bridgehead atoms. The zero-order valence-electron chi connectivity index (χ0n) is 10.9. The van der Waals surface area contributed by atoms with Gasteiger partial charge in [-0.15, -0.1) is 6.58 Å². The molecule has 0 aromatic heterocycles. The number of carbonyl (C=O) groups is 1. The fraction of sp³-hybridized carbons (Fsp3) is 0.357. The third kappa shape index (κ3) is 5.01. The van der Waals surface area contributed by atoms with E-state index in [1.807, 2.05) is 37.3 Å². The number of nitrogens with one attached hydrogen (secondary N) is 2. The van der Waals surface area contributed by atoms with Crippen LogP contribution in [0.15, 0.2) is 36.9 Å². The second-order valence-corrected chi connectivity index (χ2v) is 4.08. The summed E-state index contributed by atoms with van der Waals surface area (Å²) in [5.41, 5.74) is 0.763. The Hall–Kier alpha value is -1.81. The summed E-state index contributed by atoms with van der Waals surface area (Å²) < 4.78 is 5.05. The Morgan fingerprint density at radius 3 is 2.67 bits per heavy atom. The molecule has 0 spiro atoms. The van der Waals surface area contributed by atoms with Gasteiger partial charge in [-0.25, -0.2) is 0 Å². The Morgan fingerprint density at radius 2 is 2.11 bits per heavy atom. The molecule has 0 aliphatic carbocycles. The number of benzene rings is 1. The maximum absolute atomic E-state index is 11.6. The van der Waals surface area contributed by atoms with Crippen LogP contribution in [-0.2, 0) is 4.79 Å². The van der Waals surface area contributed by atoms with Crippen LogP contribution in [0.3, 0.4) is 0 Å². The van der Waals surface area contributed by atoms with E-state index in [0.717, 1.165) is 17.9 Å². The van der Waals surface area contributed by atoms with Gasteiger partial charge in [0.25, 0.3) is 0 Å². The molecule has 0 saturated heterocycles. The lowest BCUT2D eigenvalue weighted by Crippen LogP contribution is -2.34. The summed E-state index contributed by atoms with van der Waals surface area (Å²) in [4.78, 5) is 11.6. The van der Waals surface area contributed by atoms with E-state index in [1.54, 1.807) is 7.11 Å². The van der Waals surface area contributed by atoms with Crippen LogP contribution in [0.25, 0.3) is 0 Å². The van der Waals surface area contributed by atoms with E-state index in [9.17, 15) is 4.79 Å². The first-order valence-corrected chi connectivity index (χ1v) is 5.94. The molecule has 1 aromatic carbocycles. The zero-order valence-corrected chi connectivity index (χ0v) is 10.9. The standard InChI is InChI=1S/C14H20N2O2/c1-4-5-11(2)15-10-14(17)16-12-6-8-13(18-3)9-7-12/h4,6-9,11,15H,1,5,10H2,2-3H3,(H,16,17). The number of methoxy groups -OCH3 is 1. The number of ether oxygens (including phenoxy) is 1. The van der Waals surface area contributed by atoms with Crippen molar-refractivity contribution < 1.29 is 9.53 Å². The number of hydrogen-bond acceptors (Lipinski definition) is 3. The van der Waals surface area contributed by atoms with E-state index in [4.69, 9.17) is 4.74 Å². The molecule has 4 nitrogen and oxygen atoms in total. The van der Waals surface area contributed by atoms with Crippen molar-refractivity contribution in [3.05, 3.63) is 36.9 Å². The van der Waals surface area contributed by atoms with Gasteiger partial charge in [0.2, 0.25) is 5.91 Å². The second-order valence-electron chi connectivity index (χ2n) is 4.08. The van der Waals surface area contributed by atoms with Crippen LogP contribution in [0.4, 0.5) is 5.69 Å². The summed E-state index contributed by atoms with van der Waals surface area (Å²) in [5.74, 6) is 0.710. The van der Waals surface area contributed by atoms with Crippen molar-refractivity contribution in [2.45, 2.75) is 19.4 Å². The molecule has 18 heavy (non-hydrogen) atoms. The fourth-order valence-corrected chi connectivity index (χ4v) is 1.48. The minimum absolute atomic E-state index is 0.0592. The summed E-state index contributed by atoms with van der Waals surface area (Å²) in [7, 11) is 1.61. The molecule has 1 aromatic rings. The van der Waals surface area contributed by atoms with Crippen LogP contribution >= 0.6 is 0 Å². The molecular formula is C14H20N2O2. The molecule has 0 aliphatic heterocycles. The van der Waals surface area contributed by atoms with Gasteiger partial charge in [-0.1, -0.05) is 6.08 Å². The Kier molecular flexibility index (Phi) is 5.94. The third-order valence-electron chi connectivity index (χ3n) is 2.51. The molecular weight excluding hydrogens is 228 g/mol. The summed E-state index contributed by atoms with van der Waals surface area (Å²) in [6.07, 6.45) is 2.68. The van der Waals surface area contributed by atoms with Crippen LogP contribution in [0, 0.1) is 0 Å². The smallest absolute Gasteiger partial charge is 0.238 e. The minimum atomic E-state index is -0.0592. The Labute approximate surface area is 108 Å². The van der Waals surface area contributed by atoms with Crippen molar-refractivity contribution in [2.24, 2.45) is 0 Å².